The van der Waals surface area contributed by atoms with Gasteiger partial charge in [-0.3, -0.25) is 0 Å². The quantitative estimate of drug-likeness (QED) is 0.597. The van der Waals surface area contributed by atoms with E-state index < -0.39 is 0 Å². The molecule has 0 aliphatic rings. The van der Waals surface area contributed by atoms with Crippen LogP contribution < -0.4 is 0 Å². The molecule has 0 spiro atoms. The molecule has 0 heterocycles. The summed E-state index contributed by atoms with van der Waals surface area (Å²) in [5, 5.41) is 8.71. The van der Waals surface area contributed by atoms with E-state index in [1.807, 2.05) is 4.40 Å². The van der Waals surface area contributed by atoms with Crippen LogP contribution in [0.4, 0.5) is 0 Å². The van der Waals surface area contributed by atoms with Crippen molar-refractivity contribution in [1.29, 1.82) is 0 Å². The molecule has 0 amide bonds. The number of hydrogen-bond acceptors (Lipinski definition) is 1. The van der Waals surface area contributed by atoms with Gasteiger partial charge in [0, 0.05) is 0 Å². The van der Waals surface area contributed by atoms with E-state index in [4.69, 9.17) is 5.11 Å². The van der Waals surface area contributed by atoms with Gasteiger partial charge in [0.25, 0.3) is 0 Å². The molecular weight excluding hydrogens is 340 g/mol. The second kappa shape index (κ2) is 5.45. The summed E-state index contributed by atoms with van der Waals surface area (Å²) < 4.78 is 1.92. The van der Waals surface area contributed by atoms with Crippen molar-refractivity contribution in [2.75, 3.05) is 0 Å². The summed E-state index contributed by atoms with van der Waals surface area (Å²) in [4.78, 5) is 1.46. The molecule has 0 radical (unpaired) electrons. The predicted molar refractivity (Wildman–Crippen MR) is 34.8 cm³/mol. The van der Waals surface area contributed by atoms with Gasteiger partial charge in [-0.25, -0.2) is 0 Å². The molecule has 0 fully saturated rings. The molecule has 3 heteroatoms. The van der Waals surface area contributed by atoms with E-state index in [9.17, 15) is 0 Å². The molecule has 0 saturated carbocycles. The van der Waals surface area contributed by atoms with E-state index >= 15 is 0 Å². The third kappa shape index (κ3) is 4.48. The fraction of sp³-hybridized carbons (Fsp3) is 0. The Morgan fingerprint density at radius 1 is 1.62 bits per heavy atom. The zero-order valence-electron chi connectivity index (χ0n) is 4.04. The van der Waals surface area contributed by atoms with Gasteiger partial charge in [-0.05, 0) is 0 Å². The molecule has 1 nitrogen and oxygen atoms in total. The van der Waals surface area contributed by atoms with Crippen LogP contribution in [0.1, 0.15) is 0 Å². The van der Waals surface area contributed by atoms with Crippen LogP contribution in [0.15, 0.2) is 22.9 Å². The van der Waals surface area contributed by atoms with Crippen molar-refractivity contribution in [1.82, 2.24) is 0 Å². The maximum atomic E-state index is 8.71. The van der Waals surface area contributed by atoms with Crippen LogP contribution in [0.5, 0.6) is 0 Å². The van der Waals surface area contributed by atoms with Gasteiger partial charge in [-0.1, -0.05) is 0 Å². The van der Waals surface area contributed by atoms with Crippen molar-refractivity contribution in [2.45, 2.75) is 0 Å². The molecule has 0 rings (SSSR count). The third-order valence-electron chi connectivity index (χ3n) is 0.457. The summed E-state index contributed by atoms with van der Waals surface area (Å²) in [6.45, 7) is 0. The van der Waals surface area contributed by atoms with Crippen molar-refractivity contribution in [3.8, 4) is 0 Å². The Kier molecular flexibility index (Phi) is 5.67. The number of aliphatic hydroxyl groups excluding tert-OH is 1. The molecule has 0 aromatic heterocycles. The zero-order chi connectivity index (χ0) is 6.41. The van der Waals surface area contributed by atoms with Gasteiger partial charge in [0.15, 0.2) is 0 Å². The Morgan fingerprint density at radius 2 is 2.25 bits per heavy atom. The van der Waals surface area contributed by atoms with Gasteiger partial charge in [0.1, 0.15) is 0 Å². The van der Waals surface area contributed by atoms with Crippen molar-refractivity contribution in [2.24, 2.45) is 0 Å². The van der Waals surface area contributed by atoms with Crippen molar-refractivity contribution >= 4 is 20.3 Å². The molecule has 0 atom stereocenters. The van der Waals surface area contributed by atoms with Crippen LogP contribution in [0.3, 0.4) is 0 Å². The van der Waals surface area contributed by atoms with Crippen LogP contribution in [0, 0.1) is 0 Å². The van der Waals surface area contributed by atoms with Gasteiger partial charge in [-0.15, -0.1) is 0 Å². The SMILES string of the molecule is OC(=CBr)/C=C\[CH]=[W]. The zero-order valence-corrected chi connectivity index (χ0v) is 8.56. The van der Waals surface area contributed by atoms with E-state index in [1.54, 1.807) is 12.2 Å². The van der Waals surface area contributed by atoms with E-state index in [0.29, 0.717) is 0 Å². The second-order valence-electron chi connectivity index (χ2n) is 1.03. The van der Waals surface area contributed by atoms with Gasteiger partial charge < -0.3 is 0 Å². The maximum absolute atomic E-state index is 8.71. The van der Waals surface area contributed by atoms with Gasteiger partial charge in [0.05, 0.1) is 0 Å². The first-order valence-corrected chi connectivity index (χ1v) is 4.53. The Morgan fingerprint density at radius 3 is 2.62 bits per heavy atom. The Labute approximate surface area is 67.6 Å². The van der Waals surface area contributed by atoms with Crippen molar-refractivity contribution in [3.63, 3.8) is 0 Å². The summed E-state index contributed by atoms with van der Waals surface area (Å²) in [7, 11) is 0. The monoisotopic (exact) mass is 344 g/mol. The molecule has 0 saturated heterocycles. The summed E-state index contributed by atoms with van der Waals surface area (Å²) in [6, 6.07) is 0. The Bertz CT molecular complexity index is 128. The summed E-state index contributed by atoms with van der Waals surface area (Å²) in [6.07, 6.45) is 3.41. The Balaban J connectivity index is 3.69. The van der Waals surface area contributed by atoms with Crippen LogP contribution in [0.2, 0.25) is 0 Å². The number of hydrogen-bond donors (Lipinski definition) is 1. The second-order valence-corrected chi connectivity index (χ2v) is 2.46. The van der Waals surface area contributed by atoms with Crippen LogP contribution in [0.25, 0.3) is 0 Å². The molecule has 0 bridgehead atoms. The number of halogens is 1. The van der Waals surface area contributed by atoms with E-state index in [0.717, 1.165) is 0 Å². The number of rotatable bonds is 2. The molecule has 44 valence electrons. The number of allylic oxidation sites excluding steroid dienone is 2. The first-order chi connectivity index (χ1) is 3.81. The average molecular weight is 345 g/mol. The minimum absolute atomic E-state index is 0.238. The molecule has 0 aliphatic carbocycles. The summed E-state index contributed by atoms with van der Waals surface area (Å²) >= 11 is 4.35. The van der Waals surface area contributed by atoms with Crippen molar-refractivity contribution in [3.05, 3.63) is 22.9 Å². The van der Waals surface area contributed by atoms with E-state index in [-0.39, 0.29) is 5.76 Å². The molecule has 0 unspecified atom stereocenters. The topological polar surface area (TPSA) is 20.2 Å². The minimum atomic E-state index is 0.238. The number of aliphatic hydroxyl groups is 1. The van der Waals surface area contributed by atoms with Crippen LogP contribution in [-0.2, 0) is 19.4 Å². The molecular formula is C5H5BrOW. The Hall–Kier alpha value is 0.318. The fourth-order valence-corrected chi connectivity index (χ4v) is 0.609. The van der Waals surface area contributed by atoms with Crippen LogP contribution >= 0.6 is 15.9 Å². The first-order valence-electron chi connectivity index (χ1n) is 1.92. The average Bonchev–Trinajstić information content (AvgIpc) is 1.83. The van der Waals surface area contributed by atoms with Gasteiger partial charge in [0.2, 0.25) is 0 Å². The first kappa shape index (κ1) is 8.32. The van der Waals surface area contributed by atoms with Crippen LogP contribution in [-0.4, -0.2) is 9.51 Å². The summed E-state index contributed by atoms with van der Waals surface area (Å²) in [5.41, 5.74) is 0. The van der Waals surface area contributed by atoms with Crippen molar-refractivity contribution < 1.29 is 24.5 Å². The van der Waals surface area contributed by atoms with Gasteiger partial charge in [-0.2, -0.15) is 0 Å². The van der Waals surface area contributed by atoms with E-state index in [1.165, 1.54) is 24.3 Å². The normalized spacial score (nSPS) is 12.4. The van der Waals surface area contributed by atoms with Gasteiger partial charge >= 0.3 is 67.7 Å². The molecule has 1 N–H and O–H groups in total. The standard InChI is InChI=1S/C5H5BrO.W/c1-2-3-5(7)4-6;/h1-4,7H;/b3-2-,5-4?;. The molecule has 0 aromatic rings. The fourth-order valence-electron chi connectivity index (χ4n) is 0.174. The van der Waals surface area contributed by atoms with E-state index in [2.05, 4.69) is 15.9 Å². The molecule has 8 heavy (non-hydrogen) atoms. The molecule has 0 aromatic carbocycles. The predicted octanol–water partition coefficient (Wildman–Crippen LogP) is 1.69. The third-order valence-corrected chi connectivity index (χ3v) is 1.49. The summed E-state index contributed by atoms with van der Waals surface area (Å²) in [5.74, 6) is 0.238. The molecule has 0 aliphatic heterocycles.